The number of carbonyl (C=O) groups is 5. The zero-order valence-corrected chi connectivity index (χ0v) is 18.7. The highest BCUT2D eigenvalue weighted by Gasteiger charge is 2.46. The van der Waals surface area contributed by atoms with Crippen LogP contribution in [0.1, 0.15) is 45.5 Å². The van der Waals surface area contributed by atoms with Crippen molar-refractivity contribution in [3.63, 3.8) is 0 Å². The zero-order chi connectivity index (χ0) is 25.4. The molecule has 35 heavy (non-hydrogen) atoms. The lowest BCUT2D eigenvalue weighted by molar-refractivity contribution is -0.147. The van der Waals surface area contributed by atoms with E-state index in [1.54, 1.807) is 6.07 Å². The molecule has 2 aromatic carbocycles. The lowest BCUT2D eigenvalue weighted by atomic mass is 9.67. The number of aliphatic hydroxyl groups excluding tert-OH is 1. The third-order valence-electron chi connectivity index (χ3n) is 7.09. The first-order valence-electron chi connectivity index (χ1n) is 11.3. The van der Waals surface area contributed by atoms with Crippen LogP contribution in [0.15, 0.2) is 30.3 Å². The maximum Gasteiger partial charge on any atom is 0.235 e. The van der Waals surface area contributed by atoms with Gasteiger partial charge in [-0.1, -0.05) is 12.1 Å². The summed E-state index contributed by atoms with van der Waals surface area (Å²) in [7, 11) is 0. The standard InChI is InChI=1S/C26H24FNO7/c27-19-3-1-13(8-15(19)10-29)16-2-4-20(31)23-17(16)6-12(7-21(23)32)5-14-9-22(33)24(26(28)35)25(34)18(14)11-30/h1-4,8,10,12,14,18,24,30-31H,5-7,9,11H2,(H2,28,35)/t12-,14+,18+,24?/m1/s1. The topological polar surface area (TPSA) is 152 Å². The Morgan fingerprint density at radius 1 is 1.11 bits per heavy atom. The summed E-state index contributed by atoms with van der Waals surface area (Å²) in [5.41, 5.74) is 6.80. The van der Waals surface area contributed by atoms with Crippen molar-refractivity contribution in [3.8, 4) is 16.9 Å². The van der Waals surface area contributed by atoms with Crippen molar-refractivity contribution in [1.82, 2.24) is 0 Å². The SMILES string of the molecule is NC(=O)C1C(=O)C[C@H](C[C@H]2CC(=O)c3c(O)ccc(-c4ccc(F)c(C=O)c4)c3C2)[C@H](CO)C1=O. The van der Waals surface area contributed by atoms with Crippen LogP contribution in [0.5, 0.6) is 5.75 Å². The maximum absolute atomic E-state index is 13.9. The lowest BCUT2D eigenvalue weighted by Gasteiger charge is -2.35. The van der Waals surface area contributed by atoms with Gasteiger partial charge in [0.1, 0.15) is 11.6 Å². The minimum atomic E-state index is -1.56. The van der Waals surface area contributed by atoms with E-state index < -0.39 is 47.7 Å². The molecule has 1 amide bonds. The van der Waals surface area contributed by atoms with Crippen LogP contribution in [0.25, 0.3) is 11.1 Å². The van der Waals surface area contributed by atoms with Crippen molar-refractivity contribution >= 4 is 29.5 Å². The summed E-state index contributed by atoms with van der Waals surface area (Å²) >= 11 is 0. The van der Waals surface area contributed by atoms with E-state index in [4.69, 9.17) is 5.73 Å². The maximum atomic E-state index is 13.9. The summed E-state index contributed by atoms with van der Waals surface area (Å²) in [6.45, 7) is -0.548. The number of primary amides is 1. The Morgan fingerprint density at radius 2 is 1.86 bits per heavy atom. The normalized spacial score (nSPS) is 24.2. The van der Waals surface area contributed by atoms with Crippen LogP contribution in [-0.4, -0.2) is 46.4 Å². The summed E-state index contributed by atoms with van der Waals surface area (Å²) in [4.78, 5) is 60.9. The van der Waals surface area contributed by atoms with E-state index in [2.05, 4.69) is 0 Å². The van der Waals surface area contributed by atoms with Crippen LogP contribution in [-0.2, 0) is 20.8 Å². The van der Waals surface area contributed by atoms with Gasteiger partial charge in [0.2, 0.25) is 5.91 Å². The molecule has 2 aliphatic rings. The van der Waals surface area contributed by atoms with Crippen LogP contribution in [0, 0.1) is 29.5 Å². The molecule has 0 aromatic heterocycles. The van der Waals surface area contributed by atoms with Gasteiger partial charge >= 0.3 is 0 Å². The molecule has 182 valence electrons. The molecule has 2 aliphatic carbocycles. The van der Waals surface area contributed by atoms with Crippen molar-refractivity contribution in [3.05, 3.63) is 52.8 Å². The Labute approximate surface area is 199 Å². The Hall–Kier alpha value is -3.72. The number of aliphatic hydroxyl groups is 1. The van der Waals surface area contributed by atoms with Gasteiger partial charge in [-0.3, -0.25) is 24.0 Å². The number of carbonyl (C=O) groups excluding carboxylic acids is 5. The van der Waals surface area contributed by atoms with Gasteiger partial charge in [0, 0.05) is 18.8 Å². The lowest BCUT2D eigenvalue weighted by Crippen LogP contribution is -2.48. The first kappa shape index (κ1) is 24.4. The summed E-state index contributed by atoms with van der Waals surface area (Å²) in [6, 6.07) is 6.97. The van der Waals surface area contributed by atoms with E-state index in [0.29, 0.717) is 29.4 Å². The van der Waals surface area contributed by atoms with E-state index in [0.717, 1.165) is 6.07 Å². The van der Waals surface area contributed by atoms with Crippen LogP contribution < -0.4 is 5.73 Å². The van der Waals surface area contributed by atoms with Gasteiger partial charge in [-0.2, -0.15) is 0 Å². The molecule has 0 bridgehead atoms. The number of aldehydes is 1. The van der Waals surface area contributed by atoms with Crippen LogP contribution >= 0.6 is 0 Å². The molecule has 0 aliphatic heterocycles. The molecule has 1 saturated carbocycles. The van der Waals surface area contributed by atoms with Crippen molar-refractivity contribution in [2.75, 3.05) is 6.61 Å². The number of hydrogen-bond acceptors (Lipinski definition) is 7. The minimum absolute atomic E-state index is 0.0588. The predicted octanol–water partition coefficient (Wildman–Crippen LogP) is 2.01. The molecule has 0 saturated heterocycles. The monoisotopic (exact) mass is 481 g/mol. The van der Waals surface area contributed by atoms with Gasteiger partial charge < -0.3 is 15.9 Å². The van der Waals surface area contributed by atoms with Crippen molar-refractivity contribution < 1.29 is 38.6 Å². The quantitative estimate of drug-likeness (QED) is 0.422. The molecule has 1 unspecified atom stereocenters. The summed E-state index contributed by atoms with van der Waals surface area (Å²) in [6.07, 6.45) is 0.913. The van der Waals surface area contributed by atoms with Crippen molar-refractivity contribution in [1.29, 1.82) is 0 Å². The molecule has 9 heteroatoms. The number of phenolic OH excluding ortho intramolecular Hbond substituents is 1. The van der Waals surface area contributed by atoms with Crippen LogP contribution in [0.2, 0.25) is 0 Å². The second-order valence-electron chi connectivity index (χ2n) is 9.23. The average Bonchev–Trinajstić information content (AvgIpc) is 2.79. The Morgan fingerprint density at radius 3 is 2.51 bits per heavy atom. The summed E-state index contributed by atoms with van der Waals surface area (Å²) < 4.78 is 13.9. The average molecular weight is 481 g/mol. The summed E-state index contributed by atoms with van der Waals surface area (Å²) in [5.74, 6) is -6.91. The largest absolute Gasteiger partial charge is 0.507 e. The zero-order valence-electron chi connectivity index (χ0n) is 18.7. The van der Waals surface area contributed by atoms with E-state index in [-0.39, 0.29) is 47.8 Å². The predicted molar refractivity (Wildman–Crippen MR) is 121 cm³/mol. The van der Waals surface area contributed by atoms with Crippen LogP contribution in [0.4, 0.5) is 4.39 Å². The highest BCUT2D eigenvalue weighted by atomic mass is 19.1. The van der Waals surface area contributed by atoms with Gasteiger partial charge in [-0.15, -0.1) is 0 Å². The fourth-order valence-corrected chi connectivity index (χ4v) is 5.46. The number of benzene rings is 2. The molecule has 0 radical (unpaired) electrons. The second kappa shape index (κ2) is 9.50. The molecule has 2 aromatic rings. The third-order valence-corrected chi connectivity index (χ3v) is 7.09. The van der Waals surface area contributed by atoms with Gasteiger partial charge in [0.05, 0.1) is 17.7 Å². The highest BCUT2D eigenvalue weighted by molar-refractivity contribution is 6.20. The second-order valence-corrected chi connectivity index (χ2v) is 9.23. The first-order valence-corrected chi connectivity index (χ1v) is 11.3. The molecule has 4 atom stereocenters. The van der Waals surface area contributed by atoms with Crippen LogP contribution in [0.3, 0.4) is 0 Å². The Bertz CT molecular complexity index is 1250. The molecule has 1 fully saturated rings. The molecule has 0 spiro atoms. The molecule has 8 nitrogen and oxygen atoms in total. The van der Waals surface area contributed by atoms with E-state index >= 15 is 0 Å². The number of Topliss-reactive ketones (excluding diaryl/α,β-unsaturated/α-hetero) is 3. The minimum Gasteiger partial charge on any atom is -0.507 e. The smallest absolute Gasteiger partial charge is 0.235 e. The molecule has 4 N–H and O–H groups in total. The molecular weight excluding hydrogens is 457 g/mol. The number of amides is 1. The molecular formula is C26H24FNO7. The highest BCUT2D eigenvalue weighted by Crippen LogP contribution is 2.42. The Kier molecular flexibility index (Phi) is 6.62. The van der Waals surface area contributed by atoms with E-state index in [9.17, 15) is 38.6 Å². The fourth-order valence-electron chi connectivity index (χ4n) is 5.46. The Balaban J connectivity index is 1.67. The summed E-state index contributed by atoms with van der Waals surface area (Å²) in [5, 5.41) is 20.2. The van der Waals surface area contributed by atoms with Gasteiger partial charge in [-0.25, -0.2) is 4.39 Å². The number of nitrogens with two attached hydrogens (primary N) is 1. The van der Waals surface area contributed by atoms with Gasteiger partial charge in [0.25, 0.3) is 0 Å². The number of hydrogen-bond donors (Lipinski definition) is 3. The number of rotatable bonds is 6. The first-order chi connectivity index (χ1) is 16.7. The van der Waals surface area contributed by atoms with E-state index in [1.165, 1.54) is 18.2 Å². The van der Waals surface area contributed by atoms with Crippen molar-refractivity contribution in [2.24, 2.45) is 29.4 Å². The molecule has 0 heterocycles. The number of ketones is 3. The van der Waals surface area contributed by atoms with E-state index in [1.807, 2.05) is 0 Å². The number of fused-ring (bicyclic) bond motifs is 1. The fraction of sp³-hybridized carbons (Fsp3) is 0.346. The number of halogens is 1. The van der Waals surface area contributed by atoms with Gasteiger partial charge in [-0.05, 0) is 59.6 Å². The third kappa shape index (κ3) is 4.39. The van der Waals surface area contributed by atoms with Crippen molar-refractivity contribution in [2.45, 2.75) is 25.7 Å². The number of aromatic hydroxyl groups is 1. The number of phenols is 1. The molecule has 4 rings (SSSR count). The van der Waals surface area contributed by atoms with Gasteiger partial charge in [0.15, 0.2) is 29.6 Å².